The van der Waals surface area contributed by atoms with Crippen LogP contribution in [0.25, 0.3) is 21.7 Å². The first-order valence-corrected chi connectivity index (χ1v) is 12.2. The lowest BCUT2D eigenvalue weighted by molar-refractivity contribution is 0.235. The fourth-order valence-electron chi connectivity index (χ4n) is 4.26. The van der Waals surface area contributed by atoms with Crippen molar-refractivity contribution in [1.29, 1.82) is 0 Å². The monoisotopic (exact) mass is 492 g/mol. The molecule has 1 atom stereocenters. The standard InChI is InChI=1S/C24H25FN8OS/c1-4-18-23(31(3)24-29-21(22(26-2)35-24)15-5-7-16(25)8-6-15)33-19(28-18)9-10-20(30-33)32-12-11-27-17(13-32)14-34/h5-10,17,27,34H,4,11-14H2,1,3H3/t17-/m0/s1. The molecule has 1 aliphatic rings. The van der Waals surface area contributed by atoms with Gasteiger partial charge in [-0.2, -0.15) is 4.52 Å². The molecule has 3 aromatic heterocycles. The van der Waals surface area contributed by atoms with Gasteiger partial charge in [-0.05, 0) is 36.2 Å². The van der Waals surface area contributed by atoms with E-state index in [2.05, 4.69) is 15.1 Å². The molecule has 35 heavy (non-hydrogen) atoms. The Morgan fingerprint density at radius 2 is 2.06 bits per heavy atom. The van der Waals surface area contributed by atoms with Crippen molar-refractivity contribution in [2.75, 3.05) is 43.1 Å². The zero-order chi connectivity index (χ0) is 24.5. The number of aliphatic hydroxyl groups excluding tert-OH is 1. The second-order valence-corrected chi connectivity index (χ2v) is 9.26. The molecule has 0 amide bonds. The summed E-state index contributed by atoms with van der Waals surface area (Å²) in [6.07, 6.45) is 0.699. The van der Waals surface area contributed by atoms with Gasteiger partial charge in [-0.25, -0.2) is 19.2 Å². The number of nitrogens with zero attached hydrogens (tertiary/aromatic N) is 7. The molecule has 1 aliphatic heterocycles. The van der Waals surface area contributed by atoms with Crippen LogP contribution in [0.2, 0.25) is 0 Å². The van der Waals surface area contributed by atoms with E-state index >= 15 is 0 Å². The molecule has 4 aromatic rings. The smallest absolute Gasteiger partial charge is 0.270 e. The van der Waals surface area contributed by atoms with E-state index < -0.39 is 0 Å². The molecule has 0 bridgehead atoms. The minimum Gasteiger partial charge on any atom is -0.395 e. The Morgan fingerprint density at radius 3 is 2.77 bits per heavy atom. The Hall–Kier alpha value is -3.59. The van der Waals surface area contributed by atoms with Gasteiger partial charge in [-0.1, -0.05) is 19.1 Å². The molecule has 11 heteroatoms. The maximum absolute atomic E-state index is 13.4. The van der Waals surface area contributed by atoms with Crippen molar-refractivity contribution in [2.45, 2.75) is 19.4 Å². The van der Waals surface area contributed by atoms with E-state index in [9.17, 15) is 9.50 Å². The number of aromatic nitrogens is 4. The van der Waals surface area contributed by atoms with E-state index in [-0.39, 0.29) is 18.5 Å². The van der Waals surface area contributed by atoms with E-state index in [4.69, 9.17) is 21.6 Å². The number of halogens is 1. The number of piperazine rings is 1. The number of benzene rings is 1. The third-order valence-electron chi connectivity index (χ3n) is 6.07. The van der Waals surface area contributed by atoms with Crippen LogP contribution < -0.4 is 15.1 Å². The summed E-state index contributed by atoms with van der Waals surface area (Å²) >= 11 is 1.28. The Labute approximate surface area is 206 Å². The molecule has 9 nitrogen and oxygen atoms in total. The lowest BCUT2D eigenvalue weighted by Gasteiger charge is -2.33. The van der Waals surface area contributed by atoms with Crippen LogP contribution in [0.5, 0.6) is 0 Å². The quantitative estimate of drug-likeness (QED) is 0.398. The highest BCUT2D eigenvalue weighted by Gasteiger charge is 2.24. The van der Waals surface area contributed by atoms with Gasteiger partial charge in [0.2, 0.25) is 0 Å². The Balaban J connectivity index is 1.56. The number of thiazole rings is 1. The lowest BCUT2D eigenvalue weighted by atomic mass is 10.1. The van der Waals surface area contributed by atoms with Gasteiger partial charge < -0.3 is 20.2 Å². The minimum absolute atomic E-state index is 0.00428. The van der Waals surface area contributed by atoms with Crippen LogP contribution in [0.15, 0.2) is 36.4 Å². The Bertz CT molecular complexity index is 1390. The van der Waals surface area contributed by atoms with Crippen molar-refractivity contribution < 1.29 is 9.50 Å². The topological polar surface area (TPSA) is 86.2 Å². The van der Waals surface area contributed by atoms with Crippen LogP contribution in [0, 0.1) is 12.4 Å². The number of rotatable bonds is 6. The van der Waals surface area contributed by atoms with Gasteiger partial charge in [0.15, 0.2) is 16.6 Å². The first kappa shape index (κ1) is 23.2. The van der Waals surface area contributed by atoms with Crippen LogP contribution in [-0.2, 0) is 6.42 Å². The normalized spacial score (nSPS) is 16.0. The molecule has 0 unspecified atom stereocenters. The largest absolute Gasteiger partial charge is 0.395 e. The minimum atomic E-state index is -0.333. The first-order valence-electron chi connectivity index (χ1n) is 11.4. The van der Waals surface area contributed by atoms with Gasteiger partial charge in [0.05, 0.1) is 24.6 Å². The van der Waals surface area contributed by atoms with Crippen LogP contribution >= 0.6 is 11.3 Å². The number of hydrogen-bond acceptors (Lipinski definition) is 8. The van der Waals surface area contributed by atoms with Gasteiger partial charge >= 0.3 is 0 Å². The molecule has 4 heterocycles. The molecule has 0 aliphatic carbocycles. The molecular formula is C24H25FN8OS. The SMILES string of the molecule is [C-]#[N+]c1sc(N(C)c2c(CC)nc3ccc(N4CCN[C@H](CO)C4)nn23)nc1-c1ccc(F)cc1. The second kappa shape index (κ2) is 9.58. The number of fused-ring (bicyclic) bond motifs is 1. The predicted octanol–water partition coefficient (Wildman–Crippen LogP) is 3.64. The highest BCUT2D eigenvalue weighted by atomic mass is 32.1. The molecule has 5 rings (SSSR count). The summed E-state index contributed by atoms with van der Waals surface area (Å²) < 4.78 is 15.2. The van der Waals surface area contributed by atoms with Crippen molar-refractivity contribution >= 4 is 38.8 Å². The van der Waals surface area contributed by atoms with Gasteiger partial charge in [0.25, 0.3) is 5.00 Å². The van der Waals surface area contributed by atoms with Crippen LogP contribution in [0.1, 0.15) is 12.6 Å². The number of imidazole rings is 1. The van der Waals surface area contributed by atoms with Crippen LogP contribution in [-0.4, -0.2) is 64.0 Å². The van der Waals surface area contributed by atoms with E-state index in [1.165, 1.54) is 23.5 Å². The molecule has 1 saturated heterocycles. The summed E-state index contributed by atoms with van der Waals surface area (Å²) in [5.74, 6) is 1.26. The summed E-state index contributed by atoms with van der Waals surface area (Å²) in [5, 5.41) is 18.8. The molecule has 1 fully saturated rings. The zero-order valence-electron chi connectivity index (χ0n) is 19.4. The average Bonchev–Trinajstić information content (AvgIpc) is 3.50. The lowest BCUT2D eigenvalue weighted by Crippen LogP contribution is -2.52. The number of hydrogen-bond donors (Lipinski definition) is 2. The van der Waals surface area contributed by atoms with Crippen molar-refractivity contribution in [3.8, 4) is 11.3 Å². The summed E-state index contributed by atoms with van der Waals surface area (Å²) in [4.78, 5) is 17.2. The van der Waals surface area contributed by atoms with Crippen molar-refractivity contribution in [3.05, 3.63) is 59.3 Å². The summed E-state index contributed by atoms with van der Waals surface area (Å²) in [6.45, 7) is 12.0. The van der Waals surface area contributed by atoms with Crippen molar-refractivity contribution in [1.82, 2.24) is 24.9 Å². The van der Waals surface area contributed by atoms with E-state index in [0.717, 1.165) is 36.1 Å². The second-order valence-electron chi connectivity index (χ2n) is 8.30. The molecule has 180 valence electrons. The van der Waals surface area contributed by atoms with Crippen LogP contribution in [0.3, 0.4) is 0 Å². The van der Waals surface area contributed by atoms with E-state index in [1.807, 2.05) is 35.5 Å². The van der Waals surface area contributed by atoms with E-state index in [1.54, 1.807) is 12.1 Å². The number of nitrogens with one attached hydrogen (secondary N) is 1. The Kier molecular flexibility index (Phi) is 6.34. The summed E-state index contributed by atoms with van der Waals surface area (Å²) in [5.41, 5.74) is 2.82. The average molecular weight is 493 g/mol. The third-order valence-corrected chi connectivity index (χ3v) is 7.09. The van der Waals surface area contributed by atoms with Gasteiger partial charge in [0, 0.05) is 32.7 Å². The first-order chi connectivity index (χ1) is 17.0. The molecule has 0 radical (unpaired) electrons. The highest BCUT2D eigenvalue weighted by molar-refractivity contribution is 7.20. The van der Waals surface area contributed by atoms with E-state index in [0.29, 0.717) is 34.4 Å². The van der Waals surface area contributed by atoms with Gasteiger partial charge in [-0.15, -0.1) is 16.4 Å². The van der Waals surface area contributed by atoms with Gasteiger partial charge in [-0.3, -0.25) is 0 Å². The maximum atomic E-state index is 13.4. The summed E-state index contributed by atoms with van der Waals surface area (Å²) in [7, 11) is 1.89. The van der Waals surface area contributed by atoms with Crippen molar-refractivity contribution in [2.24, 2.45) is 0 Å². The number of aliphatic hydroxyl groups is 1. The molecule has 0 spiro atoms. The third kappa shape index (κ3) is 4.32. The fourth-order valence-corrected chi connectivity index (χ4v) is 5.10. The summed E-state index contributed by atoms with van der Waals surface area (Å²) in [6, 6.07) is 9.92. The van der Waals surface area contributed by atoms with Crippen LogP contribution in [0.4, 0.5) is 26.2 Å². The molecule has 2 N–H and O–H groups in total. The number of aryl methyl sites for hydroxylation is 1. The van der Waals surface area contributed by atoms with Gasteiger partial charge in [0.1, 0.15) is 11.6 Å². The molecular weight excluding hydrogens is 467 g/mol. The predicted molar refractivity (Wildman–Crippen MR) is 135 cm³/mol. The highest BCUT2D eigenvalue weighted by Crippen LogP contribution is 2.42. The number of anilines is 3. The zero-order valence-corrected chi connectivity index (χ0v) is 20.3. The Morgan fingerprint density at radius 1 is 1.26 bits per heavy atom. The van der Waals surface area contributed by atoms with Crippen molar-refractivity contribution in [3.63, 3.8) is 0 Å². The molecule has 0 saturated carbocycles. The fraction of sp³-hybridized carbons (Fsp3) is 0.333. The maximum Gasteiger partial charge on any atom is 0.270 e. The molecule has 1 aromatic carbocycles.